The average Bonchev–Trinajstić information content (AvgIpc) is 3.15. The molecule has 0 atom stereocenters. The first kappa shape index (κ1) is 47.8. The molecule has 0 saturated carbocycles. The number of aromatic nitrogens is 8. The predicted molar refractivity (Wildman–Crippen MR) is 191 cm³/mol. The molecule has 7 rings (SSSR count). The summed E-state index contributed by atoms with van der Waals surface area (Å²) in [6.07, 6.45) is 13.9. The van der Waals surface area contributed by atoms with Crippen LogP contribution in [0.3, 0.4) is 0 Å². The maximum absolute atomic E-state index is 10.7. The predicted octanol–water partition coefficient (Wildman–Crippen LogP) is 13.7. The molecule has 0 N–H and O–H groups in total. The van der Waals surface area contributed by atoms with E-state index in [1.807, 2.05) is 109 Å². The minimum Gasteiger partial charge on any atom is -0.255 e. The molecule has 0 aliphatic heterocycles. The molecule has 0 fully saturated rings. The van der Waals surface area contributed by atoms with Gasteiger partial charge in [0, 0.05) is 49.6 Å². The van der Waals surface area contributed by atoms with Crippen LogP contribution in [0.5, 0.6) is 0 Å². The molecule has 0 amide bonds. The van der Waals surface area contributed by atoms with Crippen molar-refractivity contribution in [2.45, 2.75) is 0 Å². The summed E-state index contributed by atoms with van der Waals surface area (Å²) >= 11 is 0. The maximum Gasteiger partial charge on any atom is 2.00 e. The molecular formula is C34H26F12N8P2Ru. The molecule has 7 aromatic rings. The molecule has 7 heterocycles. The molecule has 0 bridgehead atoms. The van der Waals surface area contributed by atoms with E-state index in [9.17, 15) is 50.4 Å². The Hall–Kier alpha value is -5.38. The van der Waals surface area contributed by atoms with E-state index < -0.39 is 15.6 Å². The Bertz CT molecular complexity index is 1960. The molecule has 0 aromatic carbocycles. The second-order valence-electron chi connectivity index (χ2n) is 10.5. The van der Waals surface area contributed by atoms with Crippen molar-refractivity contribution in [3.8, 4) is 45.6 Å². The van der Waals surface area contributed by atoms with Gasteiger partial charge in [0.2, 0.25) is 0 Å². The van der Waals surface area contributed by atoms with Gasteiger partial charge in [-0.2, -0.15) is 0 Å². The van der Waals surface area contributed by atoms with Gasteiger partial charge in [0.05, 0.1) is 34.2 Å². The fraction of sp³-hybridized carbons (Fsp3) is 0. The summed E-state index contributed by atoms with van der Waals surface area (Å²) in [4.78, 5) is 34.1. The van der Waals surface area contributed by atoms with Crippen molar-refractivity contribution in [2.75, 3.05) is 0 Å². The Morgan fingerprint density at radius 3 is 0.579 bits per heavy atom. The van der Waals surface area contributed by atoms with Gasteiger partial charge < -0.3 is 0 Å². The summed E-state index contributed by atoms with van der Waals surface area (Å²) in [7, 11) is -21.3. The number of rotatable bonds is 4. The number of halogens is 12. The van der Waals surface area contributed by atoms with Crippen molar-refractivity contribution in [1.29, 1.82) is 0 Å². The van der Waals surface area contributed by atoms with Crippen molar-refractivity contribution in [1.82, 2.24) is 39.9 Å². The van der Waals surface area contributed by atoms with Gasteiger partial charge in [0.1, 0.15) is 11.4 Å². The van der Waals surface area contributed by atoms with E-state index in [0.717, 1.165) is 45.6 Å². The molecule has 23 heteroatoms. The molecule has 7 aromatic heterocycles. The first-order valence-electron chi connectivity index (χ1n) is 15.2. The van der Waals surface area contributed by atoms with E-state index in [2.05, 4.69) is 39.9 Å². The van der Waals surface area contributed by atoms with Gasteiger partial charge in [-0.15, -0.1) is 0 Å². The second-order valence-corrected chi connectivity index (χ2v) is 14.3. The van der Waals surface area contributed by atoms with E-state index in [-0.39, 0.29) is 19.5 Å². The third kappa shape index (κ3) is 24.7. The third-order valence-corrected chi connectivity index (χ3v) is 5.70. The van der Waals surface area contributed by atoms with E-state index >= 15 is 0 Å². The Balaban J connectivity index is 0.000000257. The first-order valence-corrected chi connectivity index (χ1v) is 19.3. The van der Waals surface area contributed by atoms with Gasteiger partial charge in [-0.25, -0.2) is 0 Å². The topological polar surface area (TPSA) is 103 Å². The van der Waals surface area contributed by atoms with Crippen LogP contribution < -0.4 is 0 Å². The molecule has 0 spiro atoms. The van der Waals surface area contributed by atoms with Crippen LogP contribution in [0.15, 0.2) is 159 Å². The standard InChI is InChI=1S/C14H10N4.2C10H8N2.2F6P.Ru/c1-3-7-15-11(5-1)13-14(18-10-9-17-13)12-6-2-4-8-16-12;2*1-3-7-11-9(5-1)10-6-2-4-8-12-10;2*1-7(2,3,4,5)6;/h1-10H;2*1-8H;;;/q;;;2*-1;+2. The smallest absolute Gasteiger partial charge is 0.255 e. The van der Waals surface area contributed by atoms with Crippen LogP contribution in [0.1, 0.15) is 0 Å². The molecule has 0 aliphatic rings. The van der Waals surface area contributed by atoms with Crippen LogP contribution >= 0.6 is 15.6 Å². The molecule has 0 saturated heterocycles. The summed E-state index contributed by atoms with van der Waals surface area (Å²) in [6, 6.07) is 34.6. The monoisotopic (exact) mass is 938 g/mol. The number of hydrogen-bond acceptors (Lipinski definition) is 8. The van der Waals surface area contributed by atoms with Crippen LogP contribution in [0, 0.1) is 0 Å². The van der Waals surface area contributed by atoms with Crippen LogP contribution in [-0.2, 0) is 19.5 Å². The molecular weight excluding hydrogens is 911 g/mol. The van der Waals surface area contributed by atoms with E-state index in [1.165, 1.54) is 0 Å². The fourth-order valence-corrected chi connectivity index (χ4v) is 3.78. The van der Waals surface area contributed by atoms with Crippen LogP contribution in [0.2, 0.25) is 0 Å². The van der Waals surface area contributed by atoms with Crippen molar-refractivity contribution in [3.63, 3.8) is 0 Å². The minimum absolute atomic E-state index is 0. The van der Waals surface area contributed by atoms with Gasteiger partial charge in [-0.05, 0) is 72.8 Å². The van der Waals surface area contributed by atoms with E-state index in [4.69, 9.17) is 0 Å². The summed E-state index contributed by atoms with van der Waals surface area (Å²) in [6.45, 7) is 0. The number of nitrogens with zero attached hydrogens (tertiary/aromatic N) is 8. The maximum atomic E-state index is 9.87. The van der Waals surface area contributed by atoms with Gasteiger partial charge >= 0.3 is 85.5 Å². The molecule has 0 aliphatic carbocycles. The van der Waals surface area contributed by atoms with Crippen LogP contribution in [-0.4, -0.2) is 39.9 Å². The zero-order valence-corrected chi connectivity index (χ0v) is 31.9. The van der Waals surface area contributed by atoms with Crippen LogP contribution in [0.4, 0.5) is 50.4 Å². The Labute approximate surface area is 328 Å². The Morgan fingerprint density at radius 1 is 0.246 bits per heavy atom. The fourth-order valence-electron chi connectivity index (χ4n) is 3.78. The number of hydrogen-bond donors (Lipinski definition) is 0. The third-order valence-electron chi connectivity index (χ3n) is 5.70. The molecule has 0 radical (unpaired) electrons. The van der Waals surface area contributed by atoms with Crippen molar-refractivity contribution < 1.29 is 69.8 Å². The van der Waals surface area contributed by atoms with E-state index in [0.29, 0.717) is 0 Å². The minimum atomic E-state index is -10.7. The molecule has 57 heavy (non-hydrogen) atoms. The molecule has 304 valence electrons. The first-order chi connectivity index (χ1) is 25.8. The van der Waals surface area contributed by atoms with Gasteiger partial charge in [-0.1, -0.05) is 36.4 Å². The van der Waals surface area contributed by atoms with Crippen LogP contribution in [0.25, 0.3) is 45.6 Å². The molecule has 0 unspecified atom stereocenters. The van der Waals surface area contributed by atoms with Gasteiger partial charge in [-0.3, -0.25) is 39.9 Å². The number of pyridine rings is 6. The summed E-state index contributed by atoms with van der Waals surface area (Å²) < 4.78 is 118. The Morgan fingerprint density at radius 2 is 0.421 bits per heavy atom. The summed E-state index contributed by atoms with van der Waals surface area (Å²) in [5.41, 5.74) is 6.75. The molecule has 8 nitrogen and oxygen atoms in total. The Kier molecular flexibility index (Phi) is 15.3. The quantitative estimate of drug-likeness (QED) is 0.0977. The van der Waals surface area contributed by atoms with Gasteiger partial charge in [0.15, 0.2) is 0 Å². The average molecular weight is 938 g/mol. The zero-order chi connectivity index (χ0) is 41.5. The van der Waals surface area contributed by atoms with E-state index in [1.54, 1.807) is 49.6 Å². The SMILES string of the molecule is F[P-](F)(F)(F)(F)F.F[P-](F)(F)(F)(F)F.[Ru+2].c1ccc(-c2ccccn2)nc1.c1ccc(-c2ccccn2)nc1.c1ccc(-c2nccnc2-c2ccccn2)nc1. The summed E-state index contributed by atoms with van der Waals surface area (Å²) in [5, 5.41) is 0. The zero-order valence-electron chi connectivity index (χ0n) is 28.4. The normalized spacial score (nSPS) is 13.0. The van der Waals surface area contributed by atoms with Crippen molar-refractivity contribution in [2.24, 2.45) is 0 Å². The van der Waals surface area contributed by atoms with Gasteiger partial charge in [0.25, 0.3) is 0 Å². The second kappa shape index (κ2) is 18.3. The summed E-state index contributed by atoms with van der Waals surface area (Å²) in [5.74, 6) is 0. The van der Waals surface area contributed by atoms with Crippen molar-refractivity contribution in [3.05, 3.63) is 159 Å². The largest absolute Gasteiger partial charge is 2.00 e. The van der Waals surface area contributed by atoms with Crippen molar-refractivity contribution >= 4 is 15.6 Å².